The molecule has 0 amide bonds. The van der Waals surface area contributed by atoms with Crippen LogP contribution in [0.25, 0.3) is 0 Å². The van der Waals surface area contributed by atoms with Gasteiger partial charge in [0.15, 0.2) is 0 Å². The maximum atomic E-state index is 10.3. The summed E-state index contributed by atoms with van der Waals surface area (Å²) in [7, 11) is -4.37. The summed E-state index contributed by atoms with van der Waals surface area (Å²) < 4.78 is 33.0. The largest absolute Gasteiger partial charge is 0.445 e. The highest BCUT2D eigenvalue weighted by atomic mass is 32.3. The molecule has 0 aliphatic rings. The monoisotopic (exact) mass is 388 g/mol. The number of hydrogen-bond acceptors (Lipinski definition) is 3. The van der Waals surface area contributed by atoms with Crippen LogP contribution in [0.2, 0.25) is 0 Å². The average Bonchev–Trinajstić information content (AvgIpc) is 2.59. The minimum Gasteiger partial charge on any atom is -0.370 e. The van der Waals surface area contributed by atoms with Crippen molar-refractivity contribution in [1.29, 1.82) is 0 Å². The normalized spacial score (nSPS) is 12.4. The quantitative estimate of drug-likeness (QED) is 0.111. The van der Waals surface area contributed by atoms with Crippen molar-refractivity contribution in [2.45, 2.75) is 110 Å². The first-order valence-electron chi connectivity index (χ1n) is 10.5. The van der Waals surface area contributed by atoms with Crippen molar-refractivity contribution in [2.75, 3.05) is 0 Å². The van der Waals surface area contributed by atoms with Crippen LogP contribution in [0, 0.1) is 0 Å². The summed E-state index contributed by atoms with van der Waals surface area (Å²) in [5, 5.41) is 0. The van der Waals surface area contributed by atoms with Gasteiger partial charge in [-0.15, -0.1) is 0 Å². The van der Waals surface area contributed by atoms with E-state index in [1.165, 1.54) is 96.0 Å². The highest BCUT2D eigenvalue weighted by molar-refractivity contribution is 7.81. The molecule has 1 N–H and O–H groups in total. The van der Waals surface area contributed by atoms with Crippen molar-refractivity contribution in [3.05, 3.63) is 24.5 Å². The molecule has 0 radical (unpaired) electrons. The molecule has 0 rings (SSSR count). The first-order valence-corrected chi connectivity index (χ1v) is 11.9. The van der Waals surface area contributed by atoms with Gasteiger partial charge in [-0.05, 0) is 18.9 Å². The SMILES string of the molecule is CCCCCCCCCCCCCCCCC/C=C/C=C/OS(=O)(=O)O. The van der Waals surface area contributed by atoms with E-state index in [4.69, 9.17) is 4.55 Å². The fraction of sp³-hybridized carbons (Fsp3) is 0.810. The second-order valence-corrected chi connectivity index (χ2v) is 8.07. The van der Waals surface area contributed by atoms with E-state index in [2.05, 4.69) is 11.1 Å². The molecule has 4 nitrogen and oxygen atoms in total. The molecule has 0 heterocycles. The van der Waals surface area contributed by atoms with Crippen molar-refractivity contribution < 1.29 is 17.2 Å². The van der Waals surface area contributed by atoms with Crippen LogP contribution in [0.4, 0.5) is 0 Å². The van der Waals surface area contributed by atoms with Crippen molar-refractivity contribution in [3.8, 4) is 0 Å². The second-order valence-electron chi connectivity index (χ2n) is 7.02. The molecule has 154 valence electrons. The molecular weight excluding hydrogens is 348 g/mol. The Labute approximate surface area is 162 Å². The van der Waals surface area contributed by atoms with E-state index >= 15 is 0 Å². The van der Waals surface area contributed by atoms with Crippen molar-refractivity contribution in [1.82, 2.24) is 0 Å². The van der Waals surface area contributed by atoms with Gasteiger partial charge in [0.1, 0.15) is 6.26 Å². The first kappa shape index (κ1) is 25.2. The van der Waals surface area contributed by atoms with Crippen molar-refractivity contribution >= 4 is 10.4 Å². The summed E-state index contributed by atoms with van der Waals surface area (Å²) in [6, 6.07) is 0. The van der Waals surface area contributed by atoms with E-state index in [9.17, 15) is 8.42 Å². The number of allylic oxidation sites excluding steroid dienone is 3. The van der Waals surface area contributed by atoms with Gasteiger partial charge in [0.2, 0.25) is 0 Å². The molecule has 0 unspecified atom stereocenters. The van der Waals surface area contributed by atoms with E-state index in [0.29, 0.717) is 0 Å². The predicted octanol–water partition coefficient (Wildman–Crippen LogP) is 7.14. The minimum absolute atomic E-state index is 0.957. The second kappa shape index (κ2) is 19.0. The van der Waals surface area contributed by atoms with Gasteiger partial charge in [-0.3, -0.25) is 4.55 Å². The molecule has 0 aromatic heterocycles. The van der Waals surface area contributed by atoms with Crippen LogP contribution in [0.3, 0.4) is 0 Å². The van der Waals surface area contributed by atoms with E-state index in [0.717, 1.165) is 19.1 Å². The fourth-order valence-corrected chi connectivity index (χ4v) is 3.16. The first-order chi connectivity index (χ1) is 12.6. The van der Waals surface area contributed by atoms with Gasteiger partial charge in [-0.25, -0.2) is 0 Å². The minimum atomic E-state index is -4.37. The fourth-order valence-electron chi connectivity index (χ4n) is 2.96. The Bertz CT molecular complexity index is 441. The van der Waals surface area contributed by atoms with Crippen LogP contribution in [0.1, 0.15) is 110 Å². The number of rotatable bonds is 19. The van der Waals surface area contributed by atoms with Gasteiger partial charge >= 0.3 is 10.4 Å². The lowest BCUT2D eigenvalue weighted by atomic mass is 10.0. The van der Waals surface area contributed by atoms with Crippen LogP contribution in [-0.2, 0) is 14.6 Å². The highest BCUT2D eigenvalue weighted by Gasteiger charge is 1.97. The Kier molecular flexibility index (Phi) is 18.4. The van der Waals surface area contributed by atoms with Crippen LogP contribution in [-0.4, -0.2) is 13.0 Å². The average molecular weight is 389 g/mol. The smallest absolute Gasteiger partial charge is 0.370 e. The summed E-state index contributed by atoms with van der Waals surface area (Å²) in [4.78, 5) is 0. The molecule has 0 fully saturated rings. The van der Waals surface area contributed by atoms with Crippen molar-refractivity contribution in [2.24, 2.45) is 0 Å². The molecule has 0 aromatic rings. The van der Waals surface area contributed by atoms with E-state index in [-0.39, 0.29) is 0 Å². The third-order valence-electron chi connectivity index (χ3n) is 4.48. The molecular formula is C21H40O4S. The number of unbranched alkanes of at least 4 members (excludes halogenated alkanes) is 15. The molecule has 0 aromatic carbocycles. The Hall–Kier alpha value is -0.810. The lowest BCUT2D eigenvalue weighted by Crippen LogP contribution is -1.96. The Morgan fingerprint density at radius 1 is 0.692 bits per heavy atom. The van der Waals surface area contributed by atoms with Gasteiger partial charge in [-0.2, -0.15) is 8.42 Å². The zero-order valence-electron chi connectivity index (χ0n) is 16.7. The summed E-state index contributed by atoms with van der Waals surface area (Å²) in [5.74, 6) is 0. The predicted molar refractivity (Wildman–Crippen MR) is 110 cm³/mol. The Morgan fingerprint density at radius 2 is 1.12 bits per heavy atom. The van der Waals surface area contributed by atoms with Gasteiger partial charge in [-0.1, -0.05) is 109 Å². The summed E-state index contributed by atoms with van der Waals surface area (Å²) >= 11 is 0. The standard InChI is InChI=1S/C21H40O4S/c1-2-3-4-5-6-7-8-9-10-11-12-13-14-15-16-17-18-19-20-21-25-26(22,23)24/h18-21H,2-17H2,1H3,(H,22,23,24)/b19-18+,21-20+. The summed E-state index contributed by atoms with van der Waals surface area (Å²) in [6.45, 7) is 2.27. The molecule has 0 bridgehead atoms. The third kappa shape index (κ3) is 23.2. The summed E-state index contributed by atoms with van der Waals surface area (Å²) in [6.07, 6.45) is 27.6. The number of hydrogen-bond donors (Lipinski definition) is 1. The third-order valence-corrected chi connectivity index (χ3v) is 4.83. The lowest BCUT2D eigenvalue weighted by molar-refractivity contribution is 0.356. The molecule has 0 saturated carbocycles. The molecule has 5 heteroatoms. The van der Waals surface area contributed by atoms with Gasteiger partial charge in [0, 0.05) is 0 Å². The molecule has 0 saturated heterocycles. The van der Waals surface area contributed by atoms with E-state index in [1.54, 1.807) is 6.08 Å². The maximum Gasteiger partial charge on any atom is 0.445 e. The Balaban J connectivity index is 3.18. The van der Waals surface area contributed by atoms with Crippen LogP contribution in [0.5, 0.6) is 0 Å². The van der Waals surface area contributed by atoms with E-state index in [1.807, 2.05) is 6.08 Å². The topological polar surface area (TPSA) is 63.6 Å². The lowest BCUT2D eigenvalue weighted by Gasteiger charge is -2.03. The molecule has 0 aliphatic heterocycles. The highest BCUT2D eigenvalue weighted by Crippen LogP contribution is 2.13. The molecule has 0 atom stereocenters. The Morgan fingerprint density at radius 3 is 1.54 bits per heavy atom. The molecule has 0 aliphatic carbocycles. The van der Waals surface area contributed by atoms with Crippen LogP contribution >= 0.6 is 0 Å². The van der Waals surface area contributed by atoms with Crippen LogP contribution in [0.15, 0.2) is 24.5 Å². The summed E-state index contributed by atoms with van der Waals surface area (Å²) in [5.41, 5.74) is 0. The zero-order chi connectivity index (χ0) is 19.3. The van der Waals surface area contributed by atoms with Crippen LogP contribution < -0.4 is 0 Å². The van der Waals surface area contributed by atoms with Crippen molar-refractivity contribution in [3.63, 3.8) is 0 Å². The van der Waals surface area contributed by atoms with Gasteiger partial charge < -0.3 is 4.18 Å². The zero-order valence-corrected chi connectivity index (χ0v) is 17.5. The van der Waals surface area contributed by atoms with Gasteiger partial charge in [0.05, 0.1) is 0 Å². The molecule has 26 heavy (non-hydrogen) atoms. The maximum absolute atomic E-state index is 10.3. The van der Waals surface area contributed by atoms with Gasteiger partial charge in [0.25, 0.3) is 0 Å². The van der Waals surface area contributed by atoms with E-state index < -0.39 is 10.4 Å². The molecule has 0 spiro atoms.